The van der Waals surface area contributed by atoms with Crippen LogP contribution < -0.4 is 14.8 Å². The van der Waals surface area contributed by atoms with Crippen molar-refractivity contribution in [2.24, 2.45) is 10.9 Å². The van der Waals surface area contributed by atoms with Crippen LogP contribution in [0.1, 0.15) is 25.8 Å². The summed E-state index contributed by atoms with van der Waals surface area (Å²) in [6, 6.07) is 5.98. The van der Waals surface area contributed by atoms with Crippen LogP contribution in [0.4, 0.5) is 0 Å². The highest BCUT2D eigenvalue weighted by atomic mass is 16.5. The fourth-order valence-corrected chi connectivity index (χ4v) is 3.07. The summed E-state index contributed by atoms with van der Waals surface area (Å²) in [5, 5.41) is 3.40. The van der Waals surface area contributed by atoms with Crippen molar-refractivity contribution in [2.75, 3.05) is 47.1 Å². The number of hydrogen-bond acceptors (Lipinski definition) is 4. The molecule has 0 saturated carbocycles. The minimum Gasteiger partial charge on any atom is -0.493 e. The first kappa shape index (κ1) is 19.4. The average molecular weight is 349 g/mol. The van der Waals surface area contributed by atoms with E-state index in [4.69, 9.17) is 19.2 Å². The molecule has 1 aliphatic heterocycles. The third kappa shape index (κ3) is 5.53. The quantitative estimate of drug-likeness (QED) is 0.577. The summed E-state index contributed by atoms with van der Waals surface area (Å²) in [4.78, 5) is 7.12. The molecule has 1 aliphatic rings. The van der Waals surface area contributed by atoms with Gasteiger partial charge >= 0.3 is 0 Å². The Balaban J connectivity index is 2.06. The van der Waals surface area contributed by atoms with E-state index in [-0.39, 0.29) is 0 Å². The number of nitrogens with one attached hydrogen (secondary N) is 1. The van der Waals surface area contributed by atoms with Crippen LogP contribution in [0.15, 0.2) is 23.2 Å². The zero-order chi connectivity index (χ0) is 18.1. The van der Waals surface area contributed by atoms with Gasteiger partial charge in [-0.1, -0.05) is 6.07 Å². The van der Waals surface area contributed by atoms with Crippen molar-refractivity contribution in [3.63, 3.8) is 0 Å². The number of likely N-dealkylation sites (tertiary alicyclic amines) is 1. The summed E-state index contributed by atoms with van der Waals surface area (Å²) < 4.78 is 16.3. The normalized spacial score (nSPS) is 17.7. The Morgan fingerprint density at radius 3 is 2.80 bits per heavy atom. The van der Waals surface area contributed by atoms with E-state index in [1.807, 2.05) is 25.1 Å². The Bertz CT molecular complexity index is 563. The maximum atomic E-state index is 5.57. The van der Waals surface area contributed by atoms with Crippen molar-refractivity contribution in [3.05, 3.63) is 23.8 Å². The summed E-state index contributed by atoms with van der Waals surface area (Å²) in [5.74, 6) is 3.07. The van der Waals surface area contributed by atoms with Crippen LogP contribution in [-0.4, -0.2) is 57.9 Å². The number of ether oxygens (including phenoxy) is 3. The first-order chi connectivity index (χ1) is 12.2. The van der Waals surface area contributed by atoms with Crippen molar-refractivity contribution in [3.8, 4) is 11.5 Å². The smallest absolute Gasteiger partial charge is 0.194 e. The molecule has 0 spiro atoms. The minimum atomic E-state index is 0.583. The summed E-state index contributed by atoms with van der Waals surface area (Å²) in [6.45, 7) is 8.97. The van der Waals surface area contributed by atoms with Gasteiger partial charge in [-0.2, -0.15) is 0 Å². The highest BCUT2D eigenvalue weighted by Crippen LogP contribution is 2.28. The van der Waals surface area contributed by atoms with Gasteiger partial charge in [0.05, 0.1) is 26.9 Å². The molecule has 0 aliphatic carbocycles. The van der Waals surface area contributed by atoms with Crippen molar-refractivity contribution in [1.82, 2.24) is 10.2 Å². The van der Waals surface area contributed by atoms with E-state index in [9.17, 15) is 0 Å². The lowest BCUT2D eigenvalue weighted by atomic mass is 10.1. The molecule has 6 heteroatoms. The molecule has 1 atom stereocenters. The largest absolute Gasteiger partial charge is 0.493 e. The van der Waals surface area contributed by atoms with Gasteiger partial charge in [0.15, 0.2) is 17.5 Å². The Hall–Kier alpha value is -1.95. The molecule has 6 nitrogen and oxygen atoms in total. The highest BCUT2D eigenvalue weighted by molar-refractivity contribution is 5.80. The van der Waals surface area contributed by atoms with Gasteiger partial charge in [0.2, 0.25) is 0 Å². The van der Waals surface area contributed by atoms with Gasteiger partial charge in [0.25, 0.3) is 0 Å². The number of rotatable bonds is 8. The topological polar surface area (TPSA) is 55.3 Å². The Labute approximate surface area is 151 Å². The van der Waals surface area contributed by atoms with E-state index in [0.29, 0.717) is 19.1 Å². The lowest BCUT2D eigenvalue weighted by molar-refractivity contribution is 0.157. The molecule has 1 saturated heterocycles. The van der Waals surface area contributed by atoms with Gasteiger partial charge in [-0.3, -0.25) is 0 Å². The third-order valence-corrected chi connectivity index (χ3v) is 4.26. The first-order valence-electron chi connectivity index (χ1n) is 9.03. The van der Waals surface area contributed by atoms with Crippen LogP contribution in [-0.2, 0) is 11.3 Å². The Kier molecular flexibility index (Phi) is 7.85. The maximum absolute atomic E-state index is 5.57. The van der Waals surface area contributed by atoms with Crippen molar-refractivity contribution in [2.45, 2.75) is 26.8 Å². The van der Waals surface area contributed by atoms with E-state index in [1.165, 1.54) is 0 Å². The molecule has 25 heavy (non-hydrogen) atoms. The number of guanidine groups is 1. The zero-order valence-corrected chi connectivity index (χ0v) is 15.9. The van der Waals surface area contributed by atoms with Gasteiger partial charge in [-0.05, 0) is 38.0 Å². The van der Waals surface area contributed by atoms with Crippen LogP contribution in [0.5, 0.6) is 11.5 Å². The SMILES string of the molecule is CCNC(=NCc1ccc(OCC)c(OC)c1)N1CCC(COC)C1. The molecule has 1 N–H and O–H groups in total. The van der Waals surface area contributed by atoms with Crippen LogP contribution >= 0.6 is 0 Å². The summed E-state index contributed by atoms with van der Waals surface area (Å²) in [7, 11) is 3.43. The number of benzene rings is 1. The molecule has 1 aromatic rings. The maximum Gasteiger partial charge on any atom is 0.194 e. The molecular formula is C19H31N3O3. The van der Waals surface area contributed by atoms with E-state index < -0.39 is 0 Å². The molecule has 0 amide bonds. The Morgan fingerprint density at radius 1 is 1.28 bits per heavy atom. The van der Waals surface area contributed by atoms with Crippen LogP contribution in [0.25, 0.3) is 0 Å². The van der Waals surface area contributed by atoms with Crippen molar-refractivity contribution < 1.29 is 14.2 Å². The molecule has 140 valence electrons. The summed E-state index contributed by atoms with van der Waals surface area (Å²) in [5.41, 5.74) is 1.10. The predicted octanol–water partition coefficient (Wildman–Crippen LogP) is 2.53. The molecule has 1 aromatic carbocycles. The molecule has 2 rings (SSSR count). The van der Waals surface area contributed by atoms with Crippen LogP contribution in [0.2, 0.25) is 0 Å². The minimum absolute atomic E-state index is 0.583. The lowest BCUT2D eigenvalue weighted by Gasteiger charge is -2.21. The average Bonchev–Trinajstić information content (AvgIpc) is 3.08. The van der Waals surface area contributed by atoms with E-state index in [1.54, 1.807) is 14.2 Å². The highest BCUT2D eigenvalue weighted by Gasteiger charge is 2.24. The number of aliphatic imine (C=N–C) groups is 1. The monoisotopic (exact) mass is 349 g/mol. The molecule has 1 fully saturated rings. The molecule has 1 heterocycles. The molecule has 0 bridgehead atoms. The second kappa shape index (κ2) is 10.1. The fourth-order valence-electron chi connectivity index (χ4n) is 3.07. The van der Waals surface area contributed by atoms with Gasteiger partial charge < -0.3 is 24.4 Å². The Morgan fingerprint density at radius 2 is 2.12 bits per heavy atom. The number of methoxy groups -OCH3 is 2. The fraction of sp³-hybridized carbons (Fsp3) is 0.632. The summed E-state index contributed by atoms with van der Waals surface area (Å²) in [6.07, 6.45) is 1.15. The van der Waals surface area contributed by atoms with Crippen LogP contribution in [0.3, 0.4) is 0 Å². The second-order valence-corrected chi connectivity index (χ2v) is 6.14. The van der Waals surface area contributed by atoms with E-state index >= 15 is 0 Å². The van der Waals surface area contributed by atoms with E-state index in [2.05, 4.69) is 17.1 Å². The van der Waals surface area contributed by atoms with Crippen molar-refractivity contribution in [1.29, 1.82) is 0 Å². The van der Waals surface area contributed by atoms with Gasteiger partial charge in [-0.25, -0.2) is 4.99 Å². The van der Waals surface area contributed by atoms with Gasteiger partial charge in [0, 0.05) is 32.7 Å². The lowest BCUT2D eigenvalue weighted by Crippen LogP contribution is -2.40. The molecule has 0 aromatic heterocycles. The van der Waals surface area contributed by atoms with Crippen molar-refractivity contribution >= 4 is 5.96 Å². The summed E-state index contributed by atoms with van der Waals surface area (Å²) >= 11 is 0. The first-order valence-corrected chi connectivity index (χ1v) is 9.03. The molecular weight excluding hydrogens is 318 g/mol. The number of nitrogens with zero attached hydrogens (tertiary/aromatic N) is 2. The van der Waals surface area contributed by atoms with Gasteiger partial charge in [-0.15, -0.1) is 0 Å². The second-order valence-electron chi connectivity index (χ2n) is 6.14. The standard InChI is InChI=1S/C19H31N3O3/c1-5-20-19(22-10-9-16(13-22)14-23-3)21-12-15-7-8-17(25-6-2)18(11-15)24-4/h7-8,11,16H,5-6,9-10,12-14H2,1-4H3,(H,20,21). The molecule has 0 radical (unpaired) electrons. The van der Waals surface area contributed by atoms with Gasteiger partial charge in [0.1, 0.15) is 0 Å². The van der Waals surface area contributed by atoms with E-state index in [0.717, 1.165) is 55.7 Å². The predicted molar refractivity (Wildman–Crippen MR) is 101 cm³/mol. The molecule has 1 unspecified atom stereocenters. The zero-order valence-electron chi connectivity index (χ0n) is 15.9. The third-order valence-electron chi connectivity index (χ3n) is 4.26. The van der Waals surface area contributed by atoms with Crippen LogP contribution in [0, 0.1) is 5.92 Å². The number of hydrogen-bond donors (Lipinski definition) is 1.